The molecule has 0 saturated carbocycles. The van der Waals surface area contributed by atoms with E-state index in [1.54, 1.807) is 0 Å². The summed E-state index contributed by atoms with van der Waals surface area (Å²) >= 11 is 0. The van der Waals surface area contributed by atoms with Crippen LogP contribution in [0.4, 0.5) is 0 Å². The van der Waals surface area contributed by atoms with Gasteiger partial charge in [-0.3, -0.25) is 0 Å². The number of nitrogens with zero attached hydrogens (tertiary/aromatic N) is 2. The van der Waals surface area contributed by atoms with Gasteiger partial charge in [0, 0.05) is 27.7 Å². The molecule has 0 spiro atoms. The molecule has 0 rings (SSSR count). The van der Waals surface area contributed by atoms with E-state index in [9.17, 15) is 0 Å². The first kappa shape index (κ1) is 12.3. The van der Waals surface area contributed by atoms with Crippen molar-refractivity contribution >= 4 is 0 Å². The molecule has 0 saturated heterocycles. The van der Waals surface area contributed by atoms with Crippen molar-refractivity contribution in [3.05, 3.63) is 12.4 Å². The van der Waals surface area contributed by atoms with Crippen LogP contribution in [0.2, 0.25) is 0 Å². The zero-order chi connectivity index (χ0) is 10.6. The molecule has 13 heavy (non-hydrogen) atoms. The maximum absolute atomic E-state index is 4.01. The Morgan fingerprint density at radius 3 is 1.92 bits per heavy atom. The second kappa shape index (κ2) is 4.54. The normalized spacial score (nSPS) is 11.2. The van der Waals surface area contributed by atoms with Gasteiger partial charge in [0.2, 0.25) is 0 Å². The van der Waals surface area contributed by atoms with E-state index < -0.39 is 0 Å². The first-order valence-electron chi connectivity index (χ1n) is 4.81. The van der Waals surface area contributed by atoms with E-state index >= 15 is 0 Å². The molecule has 0 aromatic heterocycles. The Kier molecular flexibility index (Phi) is 4.31. The van der Waals surface area contributed by atoms with Crippen LogP contribution in [0.5, 0.6) is 0 Å². The Hall–Kier alpha value is -0.660. The molecule has 0 atom stereocenters. The first-order valence-corrected chi connectivity index (χ1v) is 4.81. The highest BCUT2D eigenvalue weighted by Crippen LogP contribution is 2.19. The summed E-state index contributed by atoms with van der Waals surface area (Å²) in [5, 5.41) is 0. The molecular weight excluding hydrogens is 160 g/mol. The average Bonchev–Trinajstić information content (AvgIpc) is 1.97. The molecule has 0 aliphatic carbocycles. The molecule has 0 radical (unpaired) electrons. The van der Waals surface area contributed by atoms with E-state index in [4.69, 9.17) is 0 Å². The Balaban J connectivity index is 3.88. The van der Waals surface area contributed by atoms with Gasteiger partial charge in [-0.15, -0.1) is 0 Å². The van der Waals surface area contributed by atoms with Crippen molar-refractivity contribution in [1.29, 1.82) is 0 Å². The second-order valence-electron chi connectivity index (χ2n) is 5.04. The van der Waals surface area contributed by atoms with Crippen molar-refractivity contribution in [3.8, 4) is 0 Å². The van der Waals surface area contributed by atoms with Gasteiger partial charge in [0.05, 0.1) is 5.82 Å². The van der Waals surface area contributed by atoms with Gasteiger partial charge in [-0.1, -0.05) is 27.4 Å². The molecule has 0 aromatic carbocycles. The predicted octanol–water partition coefficient (Wildman–Crippen LogP) is 2.39. The van der Waals surface area contributed by atoms with Crippen molar-refractivity contribution in [3.63, 3.8) is 0 Å². The summed E-state index contributed by atoms with van der Waals surface area (Å²) in [7, 11) is 6.14. The molecular formula is C11H24N2. The summed E-state index contributed by atoms with van der Waals surface area (Å²) in [6.07, 6.45) is 1.19. The van der Waals surface area contributed by atoms with Crippen molar-refractivity contribution in [2.75, 3.05) is 27.7 Å². The van der Waals surface area contributed by atoms with Crippen LogP contribution >= 0.6 is 0 Å². The Morgan fingerprint density at radius 1 is 1.15 bits per heavy atom. The van der Waals surface area contributed by atoms with Crippen LogP contribution in [0.3, 0.4) is 0 Å². The highest BCUT2D eigenvalue weighted by Gasteiger charge is 2.12. The minimum Gasteiger partial charge on any atom is -0.365 e. The molecule has 2 nitrogen and oxygen atoms in total. The van der Waals surface area contributed by atoms with Crippen LogP contribution in [0.15, 0.2) is 12.4 Å². The third-order valence-electron chi connectivity index (χ3n) is 2.15. The largest absolute Gasteiger partial charge is 0.365 e. The topological polar surface area (TPSA) is 6.48 Å². The van der Waals surface area contributed by atoms with Crippen LogP contribution < -0.4 is 0 Å². The van der Waals surface area contributed by atoms with E-state index in [0.717, 1.165) is 12.4 Å². The van der Waals surface area contributed by atoms with E-state index in [-0.39, 0.29) is 0 Å². The fourth-order valence-corrected chi connectivity index (χ4v) is 0.974. The summed E-state index contributed by atoms with van der Waals surface area (Å²) in [6.45, 7) is 11.9. The van der Waals surface area contributed by atoms with Crippen molar-refractivity contribution in [1.82, 2.24) is 9.80 Å². The van der Waals surface area contributed by atoms with Gasteiger partial charge in [-0.2, -0.15) is 0 Å². The van der Waals surface area contributed by atoms with Crippen LogP contribution in [-0.4, -0.2) is 37.5 Å². The molecule has 2 heteroatoms. The molecule has 0 amide bonds. The zero-order valence-electron chi connectivity index (χ0n) is 10.0. The van der Waals surface area contributed by atoms with E-state index in [1.807, 2.05) is 19.0 Å². The second-order valence-corrected chi connectivity index (χ2v) is 5.04. The SMILES string of the molecule is C=C(N(C)C)N(C)CCC(C)(C)C. The van der Waals surface area contributed by atoms with Gasteiger partial charge in [-0.25, -0.2) is 0 Å². The van der Waals surface area contributed by atoms with Crippen LogP contribution in [0.25, 0.3) is 0 Å². The summed E-state index contributed by atoms with van der Waals surface area (Å²) in [5.41, 5.74) is 0.404. The maximum atomic E-state index is 4.01. The third-order valence-corrected chi connectivity index (χ3v) is 2.15. The lowest BCUT2D eigenvalue weighted by atomic mass is 9.92. The predicted molar refractivity (Wildman–Crippen MR) is 59.5 cm³/mol. The molecule has 0 N–H and O–H groups in total. The van der Waals surface area contributed by atoms with Gasteiger partial charge in [0.15, 0.2) is 0 Å². The first-order chi connectivity index (χ1) is 5.74. The van der Waals surface area contributed by atoms with E-state index in [2.05, 4.69) is 39.3 Å². The number of rotatable bonds is 4. The molecule has 78 valence electrons. The number of hydrogen-bond acceptors (Lipinski definition) is 2. The summed E-state index contributed by atoms with van der Waals surface area (Å²) in [5.74, 6) is 1.07. The lowest BCUT2D eigenvalue weighted by molar-refractivity contribution is 0.255. The quantitative estimate of drug-likeness (QED) is 0.662. The molecule has 0 aliphatic heterocycles. The Morgan fingerprint density at radius 2 is 1.62 bits per heavy atom. The summed E-state index contributed by atoms with van der Waals surface area (Å²) < 4.78 is 0. The zero-order valence-corrected chi connectivity index (χ0v) is 10.0. The standard InChI is InChI=1S/C11H24N2/c1-10(12(5)6)13(7)9-8-11(2,3)4/h1,8-9H2,2-7H3. The number of hydrogen-bond donors (Lipinski definition) is 0. The monoisotopic (exact) mass is 184 g/mol. The van der Waals surface area contributed by atoms with E-state index in [0.29, 0.717) is 5.41 Å². The van der Waals surface area contributed by atoms with E-state index in [1.165, 1.54) is 6.42 Å². The minimum atomic E-state index is 0.404. The smallest absolute Gasteiger partial charge is 0.0957 e. The Bertz CT molecular complexity index is 165. The van der Waals surface area contributed by atoms with Crippen LogP contribution in [0.1, 0.15) is 27.2 Å². The highest BCUT2D eigenvalue weighted by atomic mass is 15.3. The van der Waals surface area contributed by atoms with Crippen LogP contribution in [0, 0.1) is 5.41 Å². The fourth-order valence-electron chi connectivity index (χ4n) is 0.974. The maximum Gasteiger partial charge on any atom is 0.0957 e. The van der Waals surface area contributed by atoms with Crippen molar-refractivity contribution < 1.29 is 0 Å². The lowest BCUT2D eigenvalue weighted by Gasteiger charge is -2.29. The lowest BCUT2D eigenvalue weighted by Crippen LogP contribution is -2.29. The summed E-state index contributed by atoms with van der Waals surface area (Å²) in [4.78, 5) is 4.24. The average molecular weight is 184 g/mol. The summed E-state index contributed by atoms with van der Waals surface area (Å²) in [6, 6.07) is 0. The molecule has 0 heterocycles. The highest BCUT2D eigenvalue weighted by molar-refractivity contribution is 4.89. The molecule has 0 unspecified atom stereocenters. The molecule has 0 bridgehead atoms. The van der Waals surface area contributed by atoms with Crippen molar-refractivity contribution in [2.45, 2.75) is 27.2 Å². The third kappa shape index (κ3) is 5.56. The van der Waals surface area contributed by atoms with Gasteiger partial charge in [0.1, 0.15) is 0 Å². The van der Waals surface area contributed by atoms with Gasteiger partial charge in [-0.05, 0) is 11.8 Å². The molecule has 0 fully saturated rings. The van der Waals surface area contributed by atoms with Gasteiger partial charge in [0.25, 0.3) is 0 Å². The van der Waals surface area contributed by atoms with Crippen molar-refractivity contribution in [2.24, 2.45) is 5.41 Å². The van der Waals surface area contributed by atoms with Gasteiger partial charge < -0.3 is 9.80 Å². The molecule has 0 aromatic rings. The van der Waals surface area contributed by atoms with Gasteiger partial charge >= 0.3 is 0 Å². The Labute approximate surface area is 83.2 Å². The minimum absolute atomic E-state index is 0.404. The fraction of sp³-hybridized carbons (Fsp3) is 0.818. The van der Waals surface area contributed by atoms with Crippen LogP contribution in [-0.2, 0) is 0 Å². The molecule has 0 aliphatic rings.